The molecule has 0 unspecified atom stereocenters. The molecule has 3 rings (SSSR count). The van der Waals surface area contributed by atoms with E-state index in [4.69, 9.17) is 9.47 Å². The van der Waals surface area contributed by atoms with Crippen molar-refractivity contribution < 1.29 is 9.47 Å². The first-order valence-electron chi connectivity index (χ1n) is 8.43. The Morgan fingerprint density at radius 2 is 1.62 bits per heavy atom. The van der Waals surface area contributed by atoms with Crippen LogP contribution in [0.25, 0.3) is 10.9 Å². The van der Waals surface area contributed by atoms with E-state index in [0.717, 1.165) is 28.8 Å². The van der Waals surface area contributed by atoms with Crippen LogP contribution in [-0.4, -0.2) is 18.2 Å². The predicted molar refractivity (Wildman–Crippen MR) is 97.9 cm³/mol. The molecule has 3 heteroatoms. The summed E-state index contributed by atoms with van der Waals surface area (Å²) in [5.74, 6) is 2.28. The first-order valence-corrected chi connectivity index (χ1v) is 8.43. The predicted octanol–water partition coefficient (Wildman–Crippen LogP) is 5.21. The molecule has 0 N–H and O–H groups in total. The molecule has 0 aliphatic carbocycles. The third kappa shape index (κ3) is 4.05. The van der Waals surface area contributed by atoms with E-state index in [0.29, 0.717) is 19.1 Å². The van der Waals surface area contributed by atoms with Gasteiger partial charge in [0.1, 0.15) is 17.0 Å². The van der Waals surface area contributed by atoms with Gasteiger partial charge in [0.25, 0.3) is 0 Å². The van der Waals surface area contributed by atoms with Crippen molar-refractivity contribution in [3.05, 3.63) is 66.4 Å². The third-order valence-corrected chi connectivity index (χ3v) is 3.96. The monoisotopic (exact) mass is 321 g/mol. The molecular weight excluding hydrogens is 298 g/mol. The van der Waals surface area contributed by atoms with Gasteiger partial charge in [0.2, 0.25) is 0 Å². The quantitative estimate of drug-likeness (QED) is 0.560. The number of para-hydroxylation sites is 1. The molecule has 3 aromatic rings. The average molecular weight is 321 g/mol. The number of ether oxygens (including phenoxy) is 2. The zero-order chi connectivity index (χ0) is 16.8. The van der Waals surface area contributed by atoms with Crippen LogP contribution in [0.15, 0.2) is 60.8 Å². The van der Waals surface area contributed by atoms with Crippen molar-refractivity contribution >= 4 is 10.9 Å². The van der Waals surface area contributed by atoms with Crippen LogP contribution in [0.5, 0.6) is 11.5 Å². The van der Waals surface area contributed by atoms with Crippen LogP contribution in [0.4, 0.5) is 0 Å². The number of aromatic nitrogens is 1. The Balaban J connectivity index is 1.47. The van der Waals surface area contributed by atoms with Crippen molar-refractivity contribution in [2.45, 2.75) is 26.2 Å². The number of hydrogen-bond acceptors (Lipinski definition) is 3. The van der Waals surface area contributed by atoms with Gasteiger partial charge in [0.15, 0.2) is 0 Å². The Bertz CT molecular complexity index is 776. The molecule has 1 aromatic heterocycles. The van der Waals surface area contributed by atoms with Gasteiger partial charge in [0.05, 0.1) is 13.2 Å². The highest BCUT2D eigenvalue weighted by molar-refractivity contribution is 5.84. The second kappa shape index (κ2) is 7.82. The van der Waals surface area contributed by atoms with Gasteiger partial charge in [-0.15, -0.1) is 0 Å². The highest BCUT2D eigenvalue weighted by Crippen LogP contribution is 2.23. The zero-order valence-electron chi connectivity index (χ0n) is 14.2. The fraction of sp³-hybridized carbons (Fsp3) is 0.286. The van der Waals surface area contributed by atoms with E-state index in [-0.39, 0.29) is 0 Å². The van der Waals surface area contributed by atoms with Gasteiger partial charge in [-0.05, 0) is 35.7 Å². The van der Waals surface area contributed by atoms with E-state index in [1.165, 1.54) is 5.56 Å². The summed E-state index contributed by atoms with van der Waals surface area (Å²) in [5.41, 5.74) is 2.24. The molecule has 2 aromatic carbocycles. The van der Waals surface area contributed by atoms with Crippen molar-refractivity contribution in [2.75, 3.05) is 13.2 Å². The van der Waals surface area contributed by atoms with Crippen molar-refractivity contribution in [1.82, 2.24) is 4.98 Å². The van der Waals surface area contributed by atoms with E-state index >= 15 is 0 Å². The molecular formula is C21H23NO2. The second-order valence-electron chi connectivity index (χ2n) is 6.11. The Morgan fingerprint density at radius 3 is 2.42 bits per heavy atom. The average Bonchev–Trinajstić information content (AvgIpc) is 2.62. The Hall–Kier alpha value is -2.55. The van der Waals surface area contributed by atoms with E-state index in [9.17, 15) is 0 Å². The third-order valence-electron chi connectivity index (χ3n) is 3.96. The van der Waals surface area contributed by atoms with E-state index in [1.54, 1.807) is 6.20 Å². The topological polar surface area (TPSA) is 31.4 Å². The standard InChI is InChI=1S/C21H23NO2/c1-16(2)17-9-11-19(12-10-17)23-14-5-15-24-20-8-3-6-18-7-4-13-22-21(18)20/h3-4,6-13,16H,5,14-15H2,1-2H3. The minimum absolute atomic E-state index is 0.543. The molecule has 0 amide bonds. The lowest BCUT2D eigenvalue weighted by molar-refractivity contribution is 0.249. The lowest BCUT2D eigenvalue weighted by Crippen LogP contribution is -2.05. The molecule has 0 bridgehead atoms. The number of benzene rings is 2. The summed E-state index contributed by atoms with van der Waals surface area (Å²) in [7, 11) is 0. The summed E-state index contributed by atoms with van der Waals surface area (Å²) in [4.78, 5) is 4.39. The summed E-state index contributed by atoms with van der Waals surface area (Å²) in [6.45, 7) is 5.63. The summed E-state index contributed by atoms with van der Waals surface area (Å²) in [6.07, 6.45) is 2.62. The molecule has 1 heterocycles. The molecule has 0 spiro atoms. The lowest BCUT2D eigenvalue weighted by Gasteiger charge is -2.10. The maximum Gasteiger partial charge on any atom is 0.145 e. The number of nitrogens with zero attached hydrogens (tertiary/aromatic N) is 1. The Labute approximate surface area is 143 Å². The molecule has 3 nitrogen and oxygen atoms in total. The van der Waals surface area contributed by atoms with Gasteiger partial charge in [-0.1, -0.05) is 44.2 Å². The largest absolute Gasteiger partial charge is 0.493 e. The fourth-order valence-electron chi connectivity index (χ4n) is 2.57. The van der Waals surface area contributed by atoms with Crippen LogP contribution in [-0.2, 0) is 0 Å². The molecule has 0 aliphatic rings. The molecule has 0 saturated heterocycles. The van der Waals surface area contributed by atoms with Gasteiger partial charge in [0, 0.05) is 18.0 Å². The molecule has 24 heavy (non-hydrogen) atoms. The summed E-state index contributed by atoms with van der Waals surface area (Å²) < 4.78 is 11.6. The molecule has 124 valence electrons. The van der Waals surface area contributed by atoms with Crippen LogP contribution >= 0.6 is 0 Å². The number of pyridine rings is 1. The van der Waals surface area contributed by atoms with Gasteiger partial charge in [-0.3, -0.25) is 4.98 Å². The summed E-state index contributed by atoms with van der Waals surface area (Å²) in [6, 6.07) is 18.3. The second-order valence-corrected chi connectivity index (χ2v) is 6.11. The fourth-order valence-corrected chi connectivity index (χ4v) is 2.57. The molecule has 0 aliphatic heterocycles. The van der Waals surface area contributed by atoms with E-state index < -0.39 is 0 Å². The Kier molecular flexibility index (Phi) is 5.32. The first kappa shape index (κ1) is 16.3. The highest BCUT2D eigenvalue weighted by Gasteiger charge is 2.03. The molecule has 0 radical (unpaired) electrons. The number of fused-ring (bicyclic) bond motifs is 1. The van der Waals surface area contributed by atoms with Crippen molar-refractivity contribution in [1.29, 1.82) is 0 Å². The van der Waals surface area contributed by atoms with Crippen LogP contribution in [0.1, 0.15) is 31.7 Å². The normalized spacial score (nSPS) is 11.0. The van der Waals surface area contributed by atoms with Gasteiger partial charge in [-0.25, -0.2) is 0 Å². The van der Waals surface area contributed by atoms with Crippen LogP contribution in [0.3, 0.4) is 0 Å². The van der Waals surface area contributed by atoms with Crippen molar-refractivity contribution in [2.24, 2.45) is 0 Å². The molecule has 0 saturated carbocycles. The van der Waals surface area contributed by atoms with Gasteiger partial charge < -0.3 is 9.47 Å². The lowest BCUT2D eigenvalue weighted by atomic mass is 10.0. The summed E-state index contributed by atoms with van der Waals surface area (Å²) in [5, 5.41) is 1.09. The smallest absolute Gasteiger partial charge is 0.145 e. The molecule has 0 fully saturated rings. The van der Waals surface area contributed by atoms with E-state index in [1.807, 2.05) is 42.5 Å². The van der Waals surface area contributed by atoms with Crippen molar-refractivity contribution in [3.8, 4) is 11.5 Å². The highest BCUT2D eigenvalue weighted by atomic mass is 16.5. The minimum Gasteiger partial charge on any atom is -0.493 e. The van der Waals surface area contributed by atoms with Gasteiger partial charge in [-0.2, -0.15) is 0 Å². The first-order chi connectivity index (χ1) is 11.7. The van der Waals surface area contributed by atoms with Crippen LogP contribution < -0.4 is 9.47 Å². The van der Waals surface area contributed by atoms with Crippen LogP contribution in [0.2, 0.25) is 0 Å². The summed E-state index contributed by atoms with van der Waals surface area (Å²) >= 11 is 0. The zero-order valence-corrected chi connectivity index (χ0v) is 14.2. The maximum atomic E-state index is 5.87. The van der Waals surface area contributed by atoms with Crippen LogP contribution in [0, 0.1) is 0 Å². The van der Waals surface area contributed by atoms with E-state index in [2.05, 4.69) is 31.0 Å². The SMILES string of the molecule is CC(C)c1ccc(OCCCOc2cccc3cccnc23)cc1. The maximum absolute atomic E-state index is 5.87. The minimum atomic E-state index is 0.543. The van der Waals surface area contributed by atoms with Gasteiger partial charge >= 0.3 is 0 Å². The Morgan fingerprint density at radius 1 is 0.875 bits per heavy atom. The van der Waals surface area contributed by atoms with Crippen molar-refractivity contribution in [3.63, 3.8) is 0 Å². The molecule has 0 atom stereocenters. The number of rotatable bonds is 7. The number of hydrogen-bond donors (Lipinski definition) is 0.